The Labute approximate surface area is 136 Å². The van der Waals surface area contributed by atoms with Gasteiger partial charge in [0, 0.05) is 13.1 Å². The van der Waals surface area contributed by atoms with Gasteiger partial charge in [0.2, 0.25) is 10.0 Å². The predicted octanol–water partition coefficient (Wildman–Crippen LogP) is 4.19. The zero-order valence-electron chi connectivity index (χ0n) is 11.8. The van der Waals surface area contributed by atoms with E-state index in [0.717, 1.165) is 12.8 Å². The largest absolute Gasteiger partial charge is 0.244 e. The van der Waals surface area contributed by atoms with E-state index < -0.39 is 10.0 Å². The van der Waals surface area contributed by atoms with E-state index in [4.69, 9.17) is 23.2 Å². The first-order chi connectivity index (χ1) is 10.00. The SMILES string of the molecule is O=S(=O)(c1cccc(Cl)c1Cl)N1CC[C@@H]2CCCC[C@@H]2C1. The Morgan fingerprint density at radius 1 is 1.05 bits per heavy atom. The van der Waals surface area contributed by atoms with Crippen LogP contribution in [0.1, 0.15) is 32.1 Å². The lowest BCUT2D eigenvalue weighted by Crippen LogP contribution is -2.44. The molecule has 6 heteroatoms. The Hall–Kier alpha value is -0.290. The summed E-state index contributed by atoms with van der Waals surface area (Å²) >= 11 is 12.1. The van der Waals surface area contributed by atoms with Crippen molar-refractivity contribution in [1.82, 2.24) is 4.31 Å². The first-order valence-electron chi connectivity index (χ1n) is 7.44. The number of rotatable bonds is 2. The summed E-state index contributed by atoms with van der Waals surface area (Å²) < 4.78 is 27.2. The van der Waals surface area contributed by atoms with Gasteiger partial charge in [-0.3, -0.25) is 0 Å². The number of fused-ring (bicyclic) bond motifs is 1. The summed E-state index contributed by atoms with van der Waals surface area (Å²) in [7, 11) is -3.55. The summed E-state index contributed by atoms with van der Waals surface area (Å²) in [5.74, 6) is 1.19. The van der Waals surface area contributed by atoms with Crippen LogP contribution in [0.25, 0.3) is 0 Å². The molecule has 0 amide bonds. The predicted molar refractivity (Wildman–Crippen MR) is 85.3 cm³/mol. The number of sulfonamides is 1. The molecule has 0 bridgehead atoms. The van der Waals surface area contributed by atoms with E-state index in [0.29, 0.717) is 24.9 Å². The first-order valence-corrected chi connectivity index (χ1v) is 9.64. The van der Waals surface area contributed by atoms with Gasteiger partial charge in [0.25, 0.3) is 0 Å². The van der Waals surface area contributed by atoms with E-state index in [2.05, 4.69) is 0 Å². The molecule has 3 rings (SSSR count). The van der Waals surface area contributed by atoms with Crippen molar-refractivity contribution >= 4 is 33.2 Å². The van der Waals surface area contributed by atoms with Crippen LogP contribution in [0.4, 0.5) is 0 Å². The van der Waals surface area contributed by atoms with Crippen LogP contribution in [-0.4, -0.2) is 25.8 Å². The van der Waals surface area contributed by atoms with E-state index >= 15 is 0 Å². The molecular formula is C15H19Cl2NO2S. The molecule has 1 aliphatic heterocycles. The summed E-state index contributed by atoms with van der Waals surface area (Å²) in [6.45, 7) is 1.21. The Kier molecular flexibility index (Phi) is 4.51. The average Bonchev–Trinajstić information content (AvgIpc) is 2.49. The maximum absolute atomic E-state index is 12.8. The molecule has 3 nitrogen and oxygen atoms in total. The molecule has 1 aliphatic carbocycles. The van der Waals surface area contributed by atoms with E-state index in [1.165, 1.54) is 25.3 Å². The van der Waals surface area contributed by atoms with Gasteiger partial charge in [-0.2, -0.15) is 4.31 Å². The third-order valence-electron chi connectivity index (χ3n) is 4.79. The van der Waals surface area contributed by atoms with Crippen molar-refractivity contribution < 1.29 is 8.42 Å². The Bertz CT molecular complexity index is 633. The van der Waals surface area contributed by atoms with Crippen molar-refractivity contribution in [2.75, 3.05) is 13.1 Å². The third-order valence-corrected chi connectivity index (χ3v) is 7.63. The van der Waals surface area contributed by atoms with Gasteiger partial charge in [0.15, 0.2) is 0 Å². The number of hydrogen-bond donors (Lipinski definition) is 0. The van der Waals surface area contributed by atoms with Gasteiger partial charge in [0.05, 0.1) is 10.0 Å². The highest BCUT2D eigenvalue weighted by atomic mass is 35.5. The number of nitrogens with zero attached hydrogens (tertiary/aromatic N) is 1. The molecule has 116 valence electrons. The highest BCUT2D eigenvalue weighted by molar-refractivity contribution is 7.89. The lowest BCUT2D eigenvalue weighted by molar-refractivity contribution is 0.136. The fourth-order valence-electron chi connectivity index (χ4n) is 3.61. The van der Waals surface area contributed by atoms with Crippen LogP contribution in [0.15, 0.2) is 23.1 Å². The smallest absolute Gasteiger partial charge is 0.207 e. The van der Waals surface area contributed by atoms with E-state index in [1.54, 1.807) is 16.4 Å². The summed E-state index contributed by atoms with van der Waals surface area (Å²) in [6.07, 6.45) is 5.85. The molecule has 1 saturated heterocycles. The van der Waals surface area contributed by atoms with E-state index in [1.807, 2.05) is 0 Å². The number of benzene rings is 1. The highest BCUT2D eigenvalue weighted by Crippen LogP contribution is 2.39. The van der Waals surface area contributed by atoms with Crippen LogP contribution in [-0.2, 0) is 10.0 Å². The molecule has 0 aromatic heterocycles. The second-order valence-electron chi connectivity index (χ2n) is 6.01. The molecule has 2 fully saturated rings. The molecular weight excluding hydrogens is 329 g/mol. The Balaban J connectivity index is 1.87. The fraction of sp³-hybridized carbons (Fsp3) is 0.600. The summed E-state index contributed by atoms with van der Waals surface area (Å²) in [6, 6.07) is 4.78. The molecule has 0 unspecified atom stereocenters. The summed E-state index contributed by atoms with van der Waals surface area (Å²) in [5.41, 5.74) is 0. The van der Waals surface area contributed by atoms with E-state index in [9.17, 15) is 8.42 Å². The summed E-state index contributed by atoms with van der Waals surface area (Å²) in [4.78, 5) is 0.130. The van der Waals surface area contributed by atoms with Crippen LogP contribution >= 0.6 is 23.2 Å². The van der Waals surface area contributed by atoms with Gasteiger partial charge >= 0.3 is 0 Å². The average molecular weight is 348 g/mol. The standard InChI is InChI=1S/C15H19Cl2NO2S/c16-13-6-3-7-14(15(13)17)21(19,20)18-9-8-11-4-1-2-5-12(11)10-18/h3,6-7,11-12H,1-2,4-5,8-10H2/t11-,12+/m0/s1. The fourth-order valence-corrected chi connectivity index (χ4v) is 5.86. The lowest BCUT2D eigenvalue weighted by atomic mass is 9.76. The second kappa shape index (κ2) is 6.07. The monoisotopic (exact) mass is 347 g/mol. The Morgan fingerprint density at radius 2 is 1.76 bits per heavy atom. The number of halogens is 2. The number of hydrogen-bond acceptors (Lipinski definition) is 2. The quantitative estimate of drug-likeness (QED) is 0.803. The molecule has 2 aliphatic rings. The minimum Gasteiger partial charge on any atom is -0.207 e. The minimum absolute atomic E-state index is 0.130. The van der Waals surface area contributed by atoms with Gasteiger partial charge in [-0.25, -0.2) is 8.42 Å². The molecule has 0 N–H and O–H groups in total. The zero-order valence-corrected chi connectivity index (χ0v) is 14.1. The molecule has 2 atom stereocenters. The van der Waals surface area contributed by atoms with Crippen molar-refractivity contribution in [3.05, 3.63) is 28.2 Å². The molecule has 0 spiro atoms. The molecule has 21 heavy (non-hydrogen) atoms. The Morgan fingerprint density at radius 3 is 2.52 bits per heavy atom. The maximum atomic E-state index is 12.8. The van der Waals surface area contributed by atoms with Crippen LogP contribution in [0.2, 0.25) is 10.0 Å². The van der Waals surface area contributed by atoms with Gasteiger partial charge in [-0.1, -0.05) is 48.5 Å². The molecule has 1 aromatic rings. The molecule has 1 heterocycles. The zero-order chi connectivity index (χ0) is 15.0. The van der Waals surface area contributed by atoms with Gasteiger partial charge in [-0.15, -0.1) is 0 Å². The third kappa shape index (κ3) is 2.96. The molecule has 1 saturated carbocycles. The lowest BCUT2D eigenvalue weighted by Gasteiger charge is -2.40. The van der Waals surface area contributed by atoms with Crippen LogP contribution in [0, 0.1) is 11.8 Å². The maximum Gasteiger partial charge on any atom is 0.244 e. The van der Waals surface area contributed by atoms with Crippen LogP contribution in [0.5, 0.6) is 0 Å². The topological polar surface area (TPSA) is 37.4 Å². The highest BCUT2D eigenvalue weighted by Gasteiger charge is 2.37. The first kappa shape index (κ1) is 15.6. The van der Waals surface area contributed by atoms with Gasteiger partial charge in [0.1, 0.15) is 4.90 Å². The van der Waals surface area contributed by atoms with Crippen molar-refractivity contribution in [3.63, 3.8) is 0 Å². The van der Waals surface area contributed by atoms with Crippen LogP contribution < -0.4 is 0 Å². The minimum atomic E-state index is -3.55. The van der Waals surface area contributed by atoms with E-state index in [-0.39, 0.29) is 14.9 Å². The number of piperidine rings is 1. The van der Waals surface area contributed by atoms with Crippen molar-refractivity contribution in [2.45, 2.75) is 37.0 Å². The van der Waals surface area contributed by atoms with Gasteiger partial charge in [-0.05, 0) is 36.8 Å². The summed E-state index contributed by atoms with van der Waals surface area (Å²) in [5, 5.41) is 0.412. The normalized spacial score (nSPS) is 27.3. The molecule has 1 aromatic carbocycles. The molecule has 0 radical (unpaired) electrons. The van der Waals surface area contributed by atoms with Crippen LogP contribution in [0.3, 0.4) is 0 Å². The second-order valence-corrected chi connectivity index (χ2v) is 8.70. The van der Waals surface area contributed by atoms with Gasteiger partial charge < -0.3 is 0 Å². The van der Waals surface area contributed by atoms with Crippen molar-refractivity contribution in [1.29, 1.82) is 0 Å². The van der Waals surface area contributed by atoms with Crippen molar-refractivity contribution in [2.24, 2.45) is 11.8 Å². The van der Waals surface area contributed by atoms with Crippen molar-refractivity contribution in [3.8, 4) is 0 Å².